The Morgan fingerprint density at radius 1 is 1.50 bits per heavy atom. The van der Waals surface area contributed by atoms with Gasteiger partial charge in [-0.15, -0.1) is 0 Å². The lowest BCUT2D eigenvalue weighted by atomic mass is 9.96. The minimum Gasteiger partial charge on any atom is -0.315 e. The van der Waals surface area contributed by atoms with Crippen LogP contribution >= 0.6 is 0 Å². The zero-order valence-electron chi connectivity index (χ0n) is 8.46. The fourth-order valence-electron chi connectivity index (χ4n) is 1.25. The van der Waals surface area contributed by atoms with Crippen molar-refractivity contribution in [3.8, 4) is 6.07 Å². The molecule has 3 nitrogen and oxygen atoms in total. The summed E-state index contributed by atoms with van der Waals surface area (Å²) in [5, 5.41) is 8.48. The third kappa shape index (κ3) is 6.14. The van der Waals surface area contributed by atoms with E-state index in [0.29, 0.717) is 6.54 Å². The molecule has 0 radical (unpaired) electrons. The van der Waals surface area contributed by atoms with Gasteiger partial charge in [-0.3, -0.25) is 0 Å². The summed E-state index contributed by atoms with van der Waals surface area (Å²) in [5.41, 5.74) is 5.76. The van der Waals surface area contributed by atoms with Gasteiger partial charge < -0.3 is 10.6 Å². The average molecular weight is 169 g/mol. The van der Waals surface area contributed by atoms with Gasteiger partial charge in [-0.05, 0) is 12.5 Å². The van der Waals surface area contributed by atoms with E-state index >= 15 is 0 Å². The second-order valence-corrected chi connectivity index (χ2v) is 4.49. The molecule has 0 aromatic heterocycles. The molecule has 3 heteroatoms. The molecule has 12 heavy (non-hydrogen) atoms. The third-order valence-electron chi connectivity index (χ3n) is 1.42. The van der Waals surface area contributed by atoms with Crippen molar-refractivity contribution < 1.29 is 0 Å². The summed E-state index contributed by atoms with van der Waals surface area (Å²) < 4.78 is 0. The molecule has 2 N–H and O–H groups in total. The second-order valence-electron chi connectivity index (χ2n) is 4.49. The normalized spacial score (nSPS) is 14.4. The monoisotopic (exact) mass is 169 g/mol. The topological polar surface area (TPSA) is 53.0 Å². The fourth-order valence-corrected chi connectivity index (χ4v) is 1.25. The zero-order chi connectivity index (χ0) is 9.78. The number of nitrogens with zero attached hydrogens (tertiary/aromatic N) is 2. The number of likely N-dealkylation sites (N-methyl/N-ethyl adjacent to an activating group) is 1. The Morgan fingerprint density at radius 3 is 2.33 bits per heavy atom. The molecular formula is C9H19N3. The third-order valence-corrected chi connectivity index (χ3v) is 1.42. The quantitative estimate of drug-likeness (QED) is 0.680. The van der Waals surface area contributed by atoms with Crippen molar-refractivity contribution >= 4 is 0 Å². The van der Waals surface area contributed by atoms with Crippen molar-refractivity contribution in [3.63, 3.8) is 0 Å². The van der Waals surface area contributed by atoms with Crippen LogP contribution in [-0.4, -0.2) is 31.1 Å². The minimum atomic E-state index is -0.364. The summed E-state index contributed by atoms with van der Waals surface area (Å²) in [7, 11) is 1.99. The first kappa shape index (κ1) is 11.4. The first-order valence-electron chi connectivity index (χ1n) is 4.19. The van der Waals surface area contributed by atoms with Crippen LogP contribution in [0.1, 0.15) is 20.8 Å². The van der Waals surface area contributed by atoms with Crippen LogP contribution in [0, 0.1) is 16.7 Å². The summed E-state index contributed by atoms with van der Waals surface area (Å²) in [4.78, 5) is 2.09. The van der Waals surface area contributed by atoms with Gasteiger partial charge in [0.25, 0.3) is 0 Å². The Balaban J connectivity index is 3.76. The molecule has 0 bridgehead atoms. The maximum atomic E-state index is 8.48. The van der Waals surface area contributed by atoms with Gasteiger partial charge in [0.15, 0.2) is 0 Å². The first-order valence-corrected chi connectivity index (χ1v) is 4.19. The lowest BCUT2D eigenvalue weighted by Crippen LogP contribution is -2.38. The number of hydrogen-bond donors (Lipinski definition) is 1. The van der Waals surface area contributed by atoms with Crippen LogP contribution in [0.4, 0.5) is 0 Å². The van der Waals surface area contributed by atoms with Gasteiger partial charge in [-0.1, -0.05) is 20.8 Å². The predicted molar refractivity (Wildman–Crippen MR) is 50.5 cm³/mol. The van der Waals surface area contributed by atoms with Crippen LogP contribution in [0.2, 0.25) is 0 Å². The predicted octanol–water partition coefficient (Wildman–Crippen LogP) is 0.815. The van der Waals surface area contributed by atoms with E-state index in [1.54, 1.807) is 0 Å². The Bertz CT molecular complexity index is 164. The van der Waals surface area contributed by atoms with Crippen molar-refractivity contribution in [2.45, 2.75) is 26.8 Å². The van der Waals surface area contributed by atoms with Crippen LogP contribution < -0.4 is 5.73 Å². The number of hydrogen-bond acceptors (Lipinski definition) is 3. The SMILES string of the molecule is CN(CC(N)C#N)CC(C)(C)C. The van der Waals surface area contributed by atoms with Crippen molar-refractivity contribution in [2.24, 2.45) is 11.1 Å². The standard InChI is InChI=1S/C9H19N3/c1-9(2,3)7-12(4)6-8(11)5-10/h8H,6-7,11H2,1-4H3. The summed E-state index contributed by atoms with van der Waals surface area (Å²) in [6.07, 6.45) is 0. The highest BCUT2D eigenvalue weighted by atomic mass is 15.1. The maximum absolute atomic E-state index is 8.48. The van der Waals surface area contributed by atoms with E-state index in [9.17, 15) is 0 Å². The van der Waals surface area contributed by atoms with Crippen molar-refractivity contribution in [1.82, 2.24) is 4.90 Å². The Hall–Kier alpha value is -0.590. The molecule has 0 aliphatic rings. The summed E-state index contributed by atoms with van der Waals surface area (Å²) in [6.45, 7) is 8.11. The van der Waals surface area contributed by atoms with Crippen LogP contribution in [0.15, 0.2) is 0 Å². The molecular weight excluding hydrogens is 150 g/mol. The van der Waals surface area contributed by atoms with Gasteiger partial charge in [0.2, 0.25) is 0 Å². The maximum Gasteiger partial charge on any atom is 0.106 e. The van der Waals surface area contributed by atoms with Gasteiger partial charge in [0, 0.05) is 13.1 Å². The molecule has 0 rings (SSSR count). The minimum absolute atomic E-state index is 0.268. The molecule has 1 unspecified atom stereocenters. The van der Waals surface area contributed by atoms with E-state index in [-0.39, 0.29) is 11.5 Å². The molecule has 0 aromatic carbocycles. The zero-order valence-corrected chi connectivity index (χ0v) is 8.46. The summed E-state index contributed by atoms with van der Waals surface area (Å²) >= 11 is 0. The molecule has 0 spiro atoms. The van der Waals surface area contributed by atoms with Crippen LogP contribution in [0.3, 0.4) is 0 Å². The Labute approximate surface area is 75.2 Å². The van der Waals surface area contributed by atoms with Crippen LogP contribution in [0.25, 0.3) is 0 Å². The Kier molecular flexibility index (Phi) is 4.22. The Morgan fingerprint density at radius 2 is 2.00 bits per heavy atom. The van der Waals surface area contributed by atoms with Gasteiger partial charge in [0.05, 0.1) is 6.07 Å². The highest BCUT2D eigenvalue weighted by Gasteiger charge is 2.14. The van der Waals surface area contributed by atoms with Crippen molar-refractivity contribution in [2.75, 3.05) is 20.1 Å². The van der Waals surface area contributed by atoms with E-state index < -0.39 is 0 Å². The first-order chi connectivity index (χ1) is 5.35. The molecule has 70 valence electrons. The van der Waals surface area contributed by atoms with E-state index in [1.807, 2.05) is 13.1 Å². The van der Waals surface area contributed by atoms with E-state index in [4.69, 9.17) is 11.0 Å². The lowest BCUT2D eigenvalue weighted by Gasteiger charge is -2.26. The van der Waals surface area contributed by atoms with E-state index in [2.05, 4.69) is 25.7 Å². The molecule has 1 atom stereocenters. The molecule has 0 aliphatic carbocycles. The molecule has 0 aromatic rings. The van der Waals surface area contributed by atoms with Crippen molar-refractivity contribution in [1.29, 1.82) is 5.26 Å². The average Bonchev–Trinajstić information content (AvgIpc) is 1.82. The van der Waals surface area contributed by atoms with Gasteiger partial charge in [-0.25, -0.2) is 0 Å². The molecule has 0 fully saturated rings. The van der Waals surface area contributed by atoms with Crippen LogP contribution in [-0.2, 0) is 0 Å². The molecule has 0 aliphatic heterocycles. The molecule has 0 amide bonds. The number of nitriles is 1. The molecule has 0 saturated heterocycles. The van der Waals surface area contributed by atoms with Crippen molar-refractivity contribution in [3.05, 3.63) is 0 Å². The molecule has 0 saturated carbocycles. The van der Waals surface area contributed by atoms with Gasteiger partial charge in [0.1, 0.15) is 6.04 Å². The van der Waals surface area contributed by atoms with Gasteiger partial charge in [-0.2, -0.15) is 5.26 Å². The van der Waals surface area contributed by atoms with Gasteiger partial charge >= 0.3 is 0 Å². The summed E-state index contributed by atoms with van der Waals surface area (Å²) in [5.74, 6) is 0. The second kappa shape index (κ2) is 4.44. The fraction of sp³-hybridized carbons (Fsp3) is 0.889. The smallest absolute Gasteiger partial charge is 0.106 e. The van der Waals surface area contributed by atoms with Crippen LogP contribution in [0.5, 0.6) is 0 Å². The highest BCUT2D eigenvalue weighted by molar-refractivity contribution is 4.88. The highest BCUT2D eigenvalue weighted by Crippen LogP contribution is 2.13. The largest absolute Gasteiger partial charge is 0.315 e. The van der Waals surface area contributed by atoms with E-state index in [1.165, 1.54) is 0 Å². The molecule has 0 heterocycles. The summed E-state index contributed by atoms with van der Waals surface area (Å²) in [6, 6.07) is 1.65. The number of nitrogens with two attached hydrogens (primary N) is 1. The van der Waals surface area contributed by atoms with E-state index in [0.717, 1.165) is 6.54 Å². The lowest BCUT2D eigenvalue weighted by molar-refractivity contribution is 0.224. The number of rotatable bonds is 3.